The summed E-state index contributed by atoms with van der Waals surface area (Å²) in [5.74, 6) is 4.43. The van der Waals surface area contributed by atoms with Gasteiger partial charge in [-0.2, -0.15) is 11.8 Å². The molecule has 138 valence electrons. The molecule has 1 saturated carbocycles. The van der Waals surface area contributed by atoms with E-state index in [0.29, 0.717) is 4.75 Å². The summed E-state index contributed by atoms with van der Waals surface area (Å²) in [6, 6.07) is 0. The van der Waals surface area contributed by atoms with Crippen molar-refractivity contribution in [3.05, 3.63) is 11.6 Å². The van der Waals surface area contributed by atoms with Gasteiger partial charge in [0.05, 0.1) is 6.54 Å². The molecule has 1 saturated heterocycles. The Morgan fingerprint density at radius 2 is 2.04 bits per heavy atom. The van der Waals surface area contributed by atoms with Gasteiger partial charge in [-0.15, -0.1) is 10.2 Å². The highest BCUT2D eigenvalue weighted by molar-refractivity contribution is 8.00. The molecule has 4 rings (SSSR count). The first-order chi connectivity index (χ1) is 12.3. The van der Waals surface area contributed by atoms with Crippen LogP contribution in [0.2, 0.25) is 0 Å². The van der Waals surface area contributed by atoms with E-state index < -0.39 is 0 Å². The number of aromatic nitrogens is 3. The highest BCUT2D eigenvalue weighted by atomic mass is 32.2. The minimum atomic E-state index is 0.460. The van der Waals surface area contributed by atoms with Crippen molar-refractivity contribution in [2.45, 2.75) is 69.2 Å². The number of aryl methyl sites for hydroxylation is 1. The zero-order chi connectivity index (χ0) is 17.1. The van der Waals surface area contributed by atoms with Gasteiger partial charge >= 0.3 is 0 Å². The number of aliphatic imine (C=N–C) groups is 1. The molecule has 3 heterocycles. The molecule has 2 aliphatic heterocycles. The molecule has 0 amide bonds. The fraction of sp³-hybridized carbons (Fsp3) is 0.833. The maximum absolute atomic E-state index is 4.57. The molecule has 0 bridgehead atoms. The molecule has 25 heavy (non-hydrogen) atoms. The molecule has 1 N–H and O–H groups in total. The van der Waals surface area contributed by atoms with Crippen LogP contribution >= 0.6 is 11.8 Å². The molecule has 2 fully saturated rings. The van der Waals surface area contributed by atoms with Crippen molar-refractivity contribution in [1.82, 2.24) is 25.0 Å². The molecule has 0 radical (unpaired) electrons. The summed E-state index contributed by atoms with van der Waals surface area (Å²) >= 11 is 2.20. The highest BCUT2D eigenvalue weighted by Gasteiger charge is 2.38. The molecule has 0 unspecified atom stereocenters. The second-order valence-corrected chi connectivity index (χ2v) is 9.12. The zero-order valence-electron chi connectivity index (χ0n) is 15.3. The Labute approximate surface area is 154 Å². The van der Waals surface area contributed by atoms with Crippen molar-refractivity contribution in [1.29, 1.82) is 0 Å². The third kappa shape index (κ3) is 3.66. The molecule has 7 heteroatoms. The predicted octanol–water partition coefficient (Wildman–Crippen LogP) is 2.44. The number of hydrogen-bond donors (Lipinski definition) is 1. The van der Waals surface area contributed by atoms with Crippen LogP contribution in [0.5, 0.6) is 0 Å². The van der Waals surface area contributed by atoms with E-state index in [1.807, 2.05) is 7.05 Å². The number of thioether (sulfide) groups is 1. The molecule has 3 aliphatic rings. The first-order valence-corrected chi connectivity index (χ1v) is 10.8. The van der Waals surface area contributed by atoms with Gasteiger partial charge in [0.2, 0.25) is 0 Å². The van der Waals surface area contributed by atoms with Crippen molar-refractivity contribution >= 4 is 17.7 Å². The lowest BCUT2D eigenvalue weighted by Crippen LogP contribution is -2.53. The lowest BCUT2D eigenvalue weighted by Gasteiger charge is -2.45. The fourth-order valence-electron chi connectivity index (χ4n) is 4.51. The maximum Gasteiger partial charge on any atom is 0.194 e. The van der Waals surface area contributed by atoms with Crippen molar-refractivity contribution in [3.8, 4) is 0 Å². The van der Waals surface area contributed by atoms with Gasteiger partial charge in [-0.1, -0.05) is 19.3 Å². The number of hydrogen-bond acceptors (Lipinski definition) is 4. The quantitative estimate of drug-likeness (QED) is 0.647. The molecular formula is C18H30N6S. The monoisotopic (exact) mass is 362 g/mol. The standard InChI is InChI=1S/C18H30N6S/c1-19-17(20-13-16-22-21-15-7-3-6-10-24(15)16)23-11-12-25-18(14-23)8-4-2-5-9-18/h2-14H2,1H3,(H,19,20). The summed E-state index contributed by atoms with van der Waals surface area (Å²) in [6.45, 7) is 4.00. The smallest absolute Gasteiger partial charge is 0.194 e. The van der Waals surface area contributed by atoms with Crippen LogP contribution in [-0.2, 0) is 19.5 Å². The van der Waals surface area contributed by atoms with Crippen LogP contribution in [0.15, 0.2) is 4.99 Å². The van der Waals surface area contributed by atoms with E-state index in [9.17, 15) is 0 Å². The maximum atomic E-state index is 4.57. The molecule has 6 nitrogen and oxygen atoms in total. The summed E-state index contributed by atoms with van der Waals surface area (Å²) in [6.07, 6.45) is 10.4. The molecule has 0 atom stereocenters. The second-order valence-electron chi connectivity index (χ2n) is 7.56. The average molecular weight is 363 g/mol. The molecule has 1 aliphatic carbocycles. The van der Waals surface area contributed by atoms with E-state index in [0.717, 1.165) is 50.2 Å². The van der Waals surface area contributed by atoms with E-state index in [-0.39, 0.29) is 0 Å². The van der Waals surface area contributed by atoms with Crippen LogP contribution in [0, 0.1) is 0 Å². The summed E-state index contributed by atoms with van der Waals surface area (Å²) in [5.41, 5.74) is 0. The van der Waals surface area contributed by atoms with Crippen molar-refractivity contribution < 1.29 is 0 Å². The second kappa shape index (κ2) is 7.56. The minimum absolute atomic E-state index is 0.460. The summed E-state index contributed by atoms with van der Waals surface area (Å²) in [4.78, 5) is 7.03. The number of guanidine groups is 1. The average Bonchev–Trinajstić information content (AvgIpc) is 3.06. The summed E-state index contributed by atoms with van der Waals surface area (Å²) < 4.78 is 2.75. The van der Waals surface area contributed by atoms with Crippen LogP contribution in [-0.4, -0.2) is 56.3 Å². The van der Waals surface area contributed by atoms with Crippen molar-refractivity contribution in [3.63, 3.8) is 0 Å². The number of rotatable bonds is 2. The van der Waals surface area contributed by atoms with Gasteiger partial charge in [0.25, 0.3) is 0 Å². The van der Waals surface area contributed by atoms with Crippen molar-refractivity contribution in [2.24, 2.45) is 4.99 Å². The lowest BCUT2D eigenvalue weighted by atomic mass is 9.87. The summed E-state index contributed by atoms with van der Waals surface area (Å²) in [7, 11) is 1.90. The SMILES string of the molecule is CN=C(NCc1nnc2n1CCCC2)N1CCSC2(CCCCC2)C1. The van der Waals surface area contributed by atoms with Crippen molar-refractivity contribution in [2.75, 3.05) is 25.9 Å². The van der Waals surface area contributed by atoms with E-state index in [1.54, 1.807) is 0 Å². The highest BCUT2D eigenvalue weighted by Crippen LogP contribution is 2.42. The molecule has 1 spiro atoms. The van der Waals surface area contributed by atoms with Gasteiger partial charge in [-0.25, -0.2) is 0 Å². The van der Waals surface area contributed by atoms with Gasteiger partial charge in [-0.3, -0.25) is 4.99 Å². The lowest BCUT2D eigenvalue weighted by molar-refractivity contribution is 0.293. The van der Waals surface area contributed by atoms with Gasteiger partial charge < -0.3 is 14.8 Å². The van der Waals surface area contributed by atoms with Gasteiger partial charge in [0.1, 0.15) is 5.82 Å². The number of fused-ring (bicyclic) bond motifs is 1. The van der Waals surface area contributed by atoms with Crippen LogP contribution in [0.1, 0.15) is 56.6 Å². The Hall–Kier alpha value is -1.24. The Morgan fingerprint density at radius 3 is 2.88 bits per heavy atom. The van der Waals surface area contributed by atoms with Crippen LogP contribution < -0.4 is 5.32 Å². The Kier molecular flexibility index (Phi) is 5.20. The largest absolute Gasteiger partial charge is 0.349 e. The van der Waals surface area contributed by atoms with Gasteiger partial charge in [0, 0.05) is 43.6 Å². The Bertz CT molecular complexity index is 614. The van der Waals surface area contributed by atoms with E-state index in [4.69, 9.17) is 0 Å². The molecular weight excluding hydrogens is 332 g/mol. The van der Waals surface area contributed by atoms with Gasteiger partial charge in [-0.05, 0) is 25.7 Å². The Morgan fingerprint density at radius 1 is 1.16 bits per heavy atom. The summed E-state index contributed by atoms with van der Waals surface area (Å²) in [5, 5.41) is 12.3. The zero-order valence-corrected chi connectivity index (χ0v) is 16.2. The molecule has 1 aromatic rings. The van der Waals surface area contributed by atoms with Crippen LogP contribution in [0.4, 0.5) is 0 Å². The minimum Gasteiger partial charge on any atom is -0.349 e. The first-order valence-electron chi connectivity index (χ1n) is 9.80. The van der Waals surface area contributed by atoms with E-state index >= 15 is 0 Å². The first kappa shape index (κ1) is 17.2. The third-order valence-corrected chi connectivity index (χ3v) is 7.40. The number of nitrogens with one attached hydrogen (secondary N) is 1. The van der Waals surface area contributed by atoms with Crippen LogP contribution in [0.25, 0.3) is 0 Å². The fourth-order valence-corrected chi connectivity index (χ4v) is 6.08. The van der Waals surface area contributed by atoms with E-state index in [2.05, 4.69) is 41.7 Å². The predicted molar refractivity (Wildman–Crippen MR) is 103 cm³/mol. The Balaban J connectivity index is 1.40. The van der Waals surface area contributed by atoms with E-state index in [1.165, 1.54) is 50.7 Å². The topological polar surface area (TPSA) is 58.3 Å². The van der Waals surface area contributed by atoms with Gasteiger partial charge in [0.15, 0.2) is 11.8 Å². The van der Waals surface area contributed by atoms with Crippen LogP contribution in [0.3, 0.4) is 0 Å². The molecule has 0 aromatic carbocycles. The number of nitrogens with zero attached hydrogens (tertiary/aromatic N) is 5. The molecule has 1 aromatic heterocycles. The normalized spacial score (nSPS) is 23.6. The third-order valence-electron chi connectivity index (χ3n) is 5.87.